The molecule has 7 nitrogen and oxygen atoms in total. The van der Waals surface area contributed by atoms with E-state index >= 15 is 0 Å². The molecule has 1 unspecified atom stereocenters. The van der Waals surface area contributed by atoms with E-state index in [1.807, 2.05) is 33.7 Å². The van der Waals surface area contributed by atoms with Crippen molar-refractivity contribution in [3.63, 3.8) is 0 Å². The molecule has 0 bridgehead atoms. The number of ether oxygens (including phenoxy) is 2. The molecule has 1 amide bonds. The van der Waals surface area contributed by atoms with E-state index < -0.39 is 0 Å². The standard InChI is InChI=1S/C30H30N2O5/c1-20(33)24-11-14-31(19-24)26-9-8-21(16-27(26)36-2)28(34)32-15-13-30(12-10-23(18-30)29(35)37-3)17-22-6-4-5-7-25(22)32/h4-9,11,14,16,18-19H,10,12-13,15,17H2,1-3H3. The topological polar surface area (TPSA) is 77.8 Å². The minimum absolute atomic E-state index is 0.0158. The molecule has 3 aromatic rings. The Labute approximate surface area is 216 Å². The highest BCUT2D eigenvalue weighted by molar-refractivity contribution is 6.07. The maximum atomic E-state index is 13.9. The zero-order chi connectivity index (χ0) is 26.2. The molecule has 7 heteroatoms. The van der Waals surface area contributed by atoms with Crippen LogP contribution in [0.1, 0.15) is 52.5 Å². The quantitative estimate of drug-likeness (QED) is 0.359. The zero-order valence-electron chi connectivity index (χ0n) is 21.3. The fourth-order valence-electron chi connectivity index (χ4n) is 5.52. The van der Waals surface area contributed by atoms with Crippen molar-refractivity contribution in [3.05, 3.63) is 89.3 Å². The SMILES string of the molecule is COC(=O)C1=CC2(CC1)CCN(C(=O)c1ccc(-n3ccc(C(C)=O)c3)c(OC)c1)c1ccccc1C2. The minimum Gasteiger partial charge on any atom is -0.495 e. The number of Topliss-reactive ketones (excluding diaryl/α,β-unsaturated/α-hetero) is 1. The van der Waals surface area contributed by atoms with Gasteiger partial charge in [0, 0.05) is 41.3 Å². The van der Waals surface area contributed by atoms with Gasteiger partial charge in [-0.3, -0.25) is 9.59 Å². The third kappa shape index (κ3) is 4.57. The highest BCUT2D eigenvalue weighted by Gasteiger charge is 2.39. The highest BCUT2D eigenvalue weighted by Crippen LogP contribution is 2.46. The van der Waals surface area contributed by atoms with Crippen LogP contribution in [0.3, 0.4) is 0 Å². The van der Waals surface area contributed by atoms with E-state index in [2.05, 4.69) is 12.1 Å². The van der Waals surface area contributed by atoms with Crippen molar-refractivity contribution in [2.45, 2.75) is 32.6 Å². The van der Waals surface area contributed by atoms with Gasteiger partial charge in [0.05, 0.1) is 19.9 Å². The first-order valence-electron chi connectivity index (χ1n) is 12.4. The maximum absolute atomic E-state index is 13.9. The number of allylic oxidation sites excluding steroid dienone is 1. The largest absolute Gasteiger partial charge is 0.495 e. The molecule has 1 spiro atoms. The summed E-state index contributed by atoms with van der Waals surface area (Å²) in [6.45, 7) is 2.06. The first-order valence-corrected chi connectivity index (χ1v) is 12.4. The molecule has 2 heterocycles. The lowest BCUT2D eigenvalue weighted by atomic mass is 9.79. The van der Waals surface area contributed by atoms with Crippen LogP contribution < -0.4 is 9.64 Å². The Morgan fingerprint density at radius 1 is 0.946 bits per heavy atom. The minimum atomic E-state index is -0.271. The number of para-hydroxylation sites is 1. The van der Waals surface area contributed by atoms with Crippen molar-refractivity contribution in [3.8, 4) is 11.4 Å². The molecular weight excluding hydrogens is 468 g/mol. The number of fused-ring (bicyclic) bond motifs is 1. The van der Waals surface area contributed by atoms with Gasteiger partial charge in [0.25, 0.3) is 5.91 Å². The molecule has 1 aliphatic heterocycles. The number of ketones is 1. The average molecular weight is 499 g/mol. The van der Waals surface area contributed by atoms with Crippen molar-refractivity contribution in [1.82, 2.24) is 4.57 Å². The second-order valence-corrected chi connectivity index (χ2v) is 9.79. The summed E-state index contributed by atoms with van der Waals surface area (Å²) in [6.07, 6.45) is 8.69. The normalized spacial score (nSPS) is 18.7. The number of rotatable bonds is 5. The number of nitrogens with zero attached hydrogens (tertiary/aromatic N) is 2. The lowest BCUT2D eigenvalue weighted by Gasteiger charge is -2.26. The number of benzene rings is 2. The van der Waals surface area contributed by atoms with Gasteiger partial charge >= 0.3 is 5.97 Å². The first kappa shape index (κ1) is 24.6. The Morgan fingerprint density at radius 2 is 1.76 bits per heavy atom. The van der Waals surface area contributed by atoms with Gasteiger partial charge in [0.2, 0.25) is 0 Å². The molecule has 2 aliphatic rings. The van der Waals surface area contributed by atoms with Crippen LogP contribution in [0.5, 0.6) is 5.75 Å². The van der Waals surface area contributed by atoms with Gasteiger partial charge in [-0.2, -0.15) is 0 Å². The fourth-order valence-corrected chi connectivity index (χ4v) is 5.52. The fraction of sp³-hybridized carbons (Fsp3) is 0.300. The number of hydrogen-bond acceptors (Lipinski definition) is 5. The van der Waals surface area contributed by atoms with Crippen LogP contribution in [0.25, 0.3) is 5.69 Å². The number of aromatic nitrogens is 1. The molecule has 0 saturated carbocycles. The van der Waals surface area contributed by atoms with E-state index in [9.17, 15) is 14.4 Å². The lowest BCUT2D eigenvalue weighted by Crippen LogP contribution is -2.33. The van der Waals surface area contributed by atoms with E-state index in [0.717, 1.165) is 41.8 Å². The van der Waals surface area contributed by atoms with Crippen molar-refractivity contribution >= 4 is 23.3 Å². The Bertz CT molecular complexity index is 1420. The number of carbonyl (C=O) groups excluding carboxylic acids is 3. The predicted molar refractivity (Wildman–Crippen MR) is 141 cm³/mol. The third-order valence-electron chi connectivity index (χ3n) is 7.53. The van der Waals surface area contributed by atoms with Gasteiger partial charge in [0.15, 0.2) is 5.78 Å². The van der Waals surface area contributed by atoms with E-state index in [-0.39, 0.29) is 23.1 Å². The van der Waals surface area contributed by atoms with E-state index in [0.29, 0.717) is 29.8 Å². The van der Waals surface area contributed by atoms with E-state index in [4.69, 9.17) is 9.47 Å². The maximum Gasteiger partial charge on any atom is 0.333 e. The number of amides is 1. The molecule has 1 aromatic heterocycles. The molecule has 0 fully saturated rings. The Kier molecular flexibility index (Phi) is 6.46. The van der Waals surface area contributed by atoms with Crippen LogP contribution in [0.2, 0.25) is 0 Å². The van der Waals surface area contributed by atoms with E-state index in [1.54, 1.807) is 37.7 Å². The lowest BCUT2D eigenvalue weighted by molar-refractivity contribution is -0.136. The Morgan fingerprint density at radius 3 is 2.49 bits per heavy atom. The predicted octanol–water partition coefficient (Wildman–Crippen LogP) is 5.16. The van der Waals surface area contributed by atoms with Crippen molar-refractivity contribution in [2.24, 2.45) is 5.41 Å². The number of anilines is 1. The van der Waals surface area contributed by atoms with Crippen LogP contribution in [-0.4, -0.2) is 43.0 Å². The van der Waals surface area contributed by atoms with Crippen LogP contribution in [0, 0.1) is 5.41 Å². The third-order valence-corrected chi connectivity index (χ3v) is 7.53. The van der Waals surface area contributed by atoms with Gasteiger partial charge in [-0.1, -0.05) is 24.3 Å². The highest BCUT2D eigenvalue weighted by atomic mass is 16.5. The second kappa shape index (κ2) is 9.73. The number of esters is 1. The smallest absolute Gasteiger partial charge is 0.333 e. The van der Waals surface area contributed by atoms with Gasteiger partial charge in [-0.25, -0.2) is 4.79 Å². The van der Waals surface area contributed by atoms with Gasteiger partial charge in [0.1, 0.15) is 5.75 Å². The molecule has 1 aliphatic carbocycles. The zero-order valence-corrected chi connectivity index (χ0v) is 21.3. The number of methoxy groups -OCH3 is 2. The summed E-state index contributed by atoms with van der Waals surface area (Å²) in [4.78, 5) is 39.6. The summed E-state index contributed by atoms with van der Waals surface area (Å²) in [7, 11) is 2.98. The molecule has 0 N–H and O–H groups in total. The average Bonchev–Trinajstić information content (AvgIpc) is 3.53. The van der Waals surface area contributed by atoms with Crippen LogP contribution >= 0.6 is 0 Å². The summed E-state index contributed by atoms with van der Waals surface area (Å²) >= 11 is 0. The molecule has 0 saturated heterocycles. The number of carbonyl (C=O) groups is 3. The molecule has 0 radical (unpaired) electrons. The van der Waals surface area contributed by atoms with Gasteiger partial charge in [-0.15, -0.1) is 0 Å². The summed E-state index contributed by atoms with van der Waals surface area (Å²) < 4.78 is 12.4. The summed E-state index contributed by atoms with van der Waals surface area (Å²) in [5.74, 6) is 0.143. The molecule has 37 heavy (non-hydrogen) atoms. The Hall–Kier alpha value is -4.13. The van der Waals surface area contributed by atoms with Crippen LogP contribution in [0.4, 0.5) is 5.69 Å². The summed E-state index contributed by atoms with van der Waals surface area (Å²) in [6, 6.07) is 15.1. The van der Waals surface area contributed by atoms with E-state index in [1.165, 1.54) is 14.0 Å². The van der Waals surface area contributed by atoms with Crippen LogP contribution in [-0.2, 0) is 16.0 Å². The van der Waals surface area contributed by atoms with Gasteiger partial charge in [-0.05, 0) is 73.9 Å². The Balaban J connectivity index is 1.47. The second-order valence-electron chi connectivity index (χ2n) is 9.79. The number of hydrogen-bond donors (Lipinski definition) is 0. The van der Waals surface area contributed by atoms with Crippen LogP contribution in [0.15, 0.2) is 72.6 Å². The monoisotopic (exact) mass is 498 g/mol. The molecule has 190 valence electrons. The first-order chi connectivity index (χ1) is 17.8. The summed E-state index contributed by atoms with van der Waals surface area (Å²) in [5, 5.41) is 0. The molecule has 2 aromatic carbocycles. The molecule has 5 rings (SSSR count). The van der Waals surface area contributed by atoms with Crippen molar-refractivity contribution < 1.29 is 23.9 Å². The molecular formula is C30H30N2O5. The summed E-state index contributed by atoms with van der Waals surface area (Å²) in [5.41, 5.74) is 4.38. The van der Waals surface area contributed by atoms with Crippen molar-refractivity contribution in [2.75, 3.05) is 25.7 Å². The van der Waals surface area contributed by atoms with Crippen molar-refractivity contribution in [1.29, 1.82) is 0 Å². The van der Waals surface area contributed by atoms with Gasteiger partial charge < -0.3 is 18.9 Å². The molecule has 1 atom stereocenters.